The molecule has 0 unspecified atom stereocenters. The third kappa shape index (κ3) is 4.12. The summed E-state index contributed by atoms with van der Waals surface area (Å²) in [6.07, 6.45) is 2.65. The zero-order valence-electron chi connectivity index (χ0n) is 17.5. The highest BCUT2D eigenvalue weighted by molar-refractivity contribution is 5.94. The number of rotatable bonds is 5. The minimum absolute atomic E-state index is 0.0821. The first kappa shape index (κ1) is 19.5. The number of carbonyl (C=O) groups is 1. The van der Waals surface area contributed by atoms with Gasteiger partial charge >= 0.3 is 0 Å². The average molecular weight is 392 g/mol. The van der Waals surface area contributed by atoms with Gasteiger partial charge in [-0.05, 0) is 55.8 Å². The summed E-state index contributed by atoms with van der Waals surface area (Å²) in [5, 5.41) is 3.07. The zero-order chi connectivity index (χ0) is 20.4. The molecule has 152 valence electrons. The van der Waals surface area contributed by atoms with Crippen LogP contribution in [0.4, 0.5) is 5.69 Å². The van der Waals surface area contributed by atoms with Crippen molar-refractivity contribution < 1.29 is 4.79 Å². The standard InChI is InChI=1S/C23H29N5O/c1-4-20-22(28-10-9-17(2)15-21(28)25-20)23(29)24-16-18-5-7-19(8-6-18)27-13-11-26(3)12-14-27/h5-10,15H,4,11-14,16H2,1-3H3,(H,24,29). The first-order valence-corrected chi connectivity index (χ1v) is 10.3. The SMILES string of the molecule is CCc1nc2cc(C)ccn2c1C(=O)NCc1ccc(N2CCN(C)CC2)cc1. The van der Waals surface area contributed by atoms with Gasteiger partial charge in [-0.15, -0.1) is 0 Å². The molecule has 0 spiro atoms. The molecule has 1 aliphatic heterocycles. The van der Waals surface area contributed by atoms with E-state index >= 15 is 0 Å². The monoisotopic (exact) mass is 391 g/mol. The molecule has 3 heterocycles. The van der Waals surface area contributed by atoms with Crippen molar-refractivity contribution in [3.8, 4) is 0 Å². The molecule has 4 rings (SSSR count). The van der Waals surface area contributed by atoms with Gasteiger partial charge < -0.3 is 15.1 Å². The molecule has 1 fully saturated rings. The number of pyridine rings is 1. The van der Waals surface area contributed by atoms with Gasteiger partial charge in [0.1, 0.15) is 11.3 Å². The maximum atomic E-state index is 12.9. The molecule has 1 saturated heterocycles. The number of anilines is 1. The Balaban J connectivity index is 1.44. The normalized spacial score (nSPS) is 15.1. The lowest BCUT2D eigenvalue weighted by Gasteiger charge is -2.34. The number of hydrogen-bond donors (Lipinski definition) is 1. The summed E-state index contributed by atoms with van der Waals surface area (Å²) in [6.45, 7) is 8.87. The van der Waals surface area contributed by atoms with Crippen LogP contribution in [-0.2, 0) is 13.0 Å². The molecular formula is C23H29N5O. The lowest BCUT2D eigenvalue weighted by Crippen LogP contribution is -2.44. The number of fused-ring (bicyclic) bond motifs is 1. The molecule has 1 N–H and O–H groups in total. The van der Waals surface area contributed by atoms with E-state index in [1.165, 1.54) is 5.69 Å². The van der Waals surface area contributed by atoms with Gasteiger partial charge in [0.2, 0.25) is 0 Å². The molecule has 6 heteroatoms. The second-order valence-corrected chi connectivity index (χ2v) is 7.83. The Morgan fingerprint density at radius 1 is 1.10 bits per heavy atom. The van der Waals surface area contributed by atoms with E-state index in [0.29, 0.717) is 12.2 Å². The zero-order valence-corrected chi connectivity index (χ0v) is 17.5. The number of hydrogen-bond acceptors (Lipinski definition) is 4. The fraction of sp³-hybridized carbons (Fsp3) is 0.391. The van der Waals surface area contributed by atoms with E-state index in [4.69, 9.17) is 0 Å². The molecule has 0 atom stereocenters. The minimum Gasteiger partial charge on any atom is -0.369 e. The van der Waals surface area contributed by atoms with Gasteiger partial charge in [0.15, 0.2) is 0 Å². The van der Waals surface area contributed by atoms with E-state index in [1.54, 1.807) is 0 Å². The van der Waals surface area contributed by atoms with Crippen LogP contribution in [0.15, 0.2) is 42.6 Å². The van der Waals surface area contributed by atoms with Crippen molar-refractivity contribution in [1.29, 1.82) is 0 Å². The lowest BCUT2D eigenvalue weighted by atomic mass is 10.1. The van der Waals surface area contributed by atoms with E-state index < -0.39 is 0 Å². The van der Waals surface area contributed by atoms with Crippen molar-refractivity contribution in [2.24, 2.45) is 0 Å². The topological polar surface area (TPSA) is 52.9 Å². The largest absolute Gasteiger partial charge is 0.369 e. The van der Waals surface area contributed by atoms with Crippen LogP contribution in [0.25, 0.3) is 5.65 Å². The predicted octanol–water partition coefficient (Wildman–Crippen LogP) is 2.89. The van der Waals surface area contributed by atoms with Crippen molar-refractivity contribution in [3.05, 3.63) is 65.1 Å². The quantitative estimate of drug-likeness (QED) is 0.727. The molecule has 0 radical (unpaired) electrons. The molecule has 1 aromatic carbocycles. The Labute approximate surface area is 172 Å². The summed E-state index contributed by atoms with van der Waals surface area (Å²) in [5.74, 6) is -0.0821. The van der Waals surface area contributed by atoms with Crippen LogP contribution in [0.5, 0.6) is 0 Å². The van der Waals surface area contributed by atoms with Crippen molar-refractivity contribution >= 4 is 17.2 Å². The van der Waals surface area contributed by atoms with Crippen LogP contribution >= 0.6 is 0 Å². The fourth-order valence-corrected chi connectivity index (χ4v) is 3.84. The van der Waals surface area contributed by atoms with Crippen LogP contribution in [0.2, 0.25) is 0 Å². The Bertz CT molecular complexity index is 1000. The second kappa shape index (κ2) is 8.25. The van der Waals surface area contributed by atoms with Crippen molar-refractivity contribution in [1.82, 2.24) is 19.6 Å². The number of benzene rings is 1. The second-order valence-electron chi connectivity index (χ2n) is 7.83. The number of aromatic nitrogens is 2. The Hall–Kier alpha value is -2.86. The molecule has 29 heavy (non-hydrogen) atoms. The summed E-state index contributed by atoms with van der Waals surface area (Å²) in [7, 11) is 2.16. The minimum atomic E-state index is -0.0821. The number of piperazine rings is 1. The predicted molar refractivity (Wildman–Crippen MR) is 117 cm³/mol. The molecule has 0 saturated carbocycles. The summed E-state index contributed by atoms with van der Waals surface area (Å²) in [5.41, 5.74) is 5.77. The highest BCUT2D eigenvalue weighted by Crippen LogP contribution is 2.18. The van der Waals surface area contributed by atoms with Crippen LogP contribution in [-0.4, -0.2) is 53.4 Å². The molecular weight excluding hydrogens is 362 g/mol. The van der Waals surface area contributed by atoms with E-state index in [2.05, 4.69) is 51.4 Å². The van der Waals surface area contributed by atoms with Crippen LogP contribution in [0.1, 0.15) is 34.2 Å². The van der Waals surface area contributed by atoms with Gasteiger partial charge in [-0.2, -0.15) is 0 Å². The van der Waals surface area contributed by atoms with Crippen LogP contribution < -0.4 is 10.2 Å². The number of aryl methyl sites for hydroxylation is 2. The highest BCUT2D eigenvalue weighted by atomic mass is 16.1. The van der Waals surface area contributed by atoms with E-state index in [-0.39, 0.29) is 5.91 Å². The van der Waals surface area contributed by atoms with Crippen LogP contribution in [0.3, 0.4) is 0 Å². The lowest BCUT2D eigenvalue weighted by molar-refractivity contribution is 0.0944. The molecule has 1 aliphatic rings. The van der Waals surface area contributed by atoms with Gasteiger partial charge in [-0.25, -0.2) is 4.98 Å². The van der Waals surface area contributed by atoms with Crippen molar-refractivity contribution in [2.75, 3.05) is 38.1 Å². The Morgan fingerprint density at radius 3 is 2.52 bits per heavy atom. The smallest absolute Gasteiger partial charge is 0.270 e. The van der Waals surface area contributed by atoms with E-state index in [9.17, 15) is 4.79 Å². The van der Waals surface area contributed by atoms with Gasteiger partial charge in [0.25, 0.3) is 5.91 Å². The maximum Gasteiger partial charge on any atom is 0.270 e. The Morgan fingerprint density at radius 2 is 1.83 bits per heavy atom. The first-order valence-electron chi connectivity index (χ1n) is 10.3. The number of nitrogens with one attached hydrogen (secondary N) is 1. The molecule has 3 aromatic rings. The van der Waals surface area contributed by atoms with Gasteiger partial charge in [0.05, 0.1) is 5.69 Å². The maximum absolute atomic E-state index is 12.9. The van der Waals surface area contributed by atoms with E-state index in [1.807, 2.05) is 36.6 Å². The summed E-state index contributed by atoms with van der Waals surface area (Å²) in [6, 6.07) is 12.5. The first-order chi connectivity index (χ1) is 14.0. The molecule has 0 aliphatic carbocycles. The third-order valence-electron chi connectivity index (χ3n) is 5.66. The third-order valence-corrected chi connectivity index (χ3v) is 5.66. The van der Waals surface area contributed by atoms with Gasteiger partial charge in [-0.3, -0.25) is 9.20 Å². The molecule has 0 bridgehead atoms. The fourth-order valence-electron chi connectivity index (χ4n) is 3.84. The molecule has 6 nitrogen and oxygen atoms in total. The molecule has 2 aromatic heterocycles. The van der Waals surface area contributed by atoms with E-state index in [0.717, 1.165) is 55.1 Å². The number of carbonyl (C=O) groups excluding carboxylic acids is 1. The highest BCUT2D eigenvalue weighted by Gasteiger charge is 2.18. The summed E-state index contributed by atoms with van der Waals surface area (Å²) >= 11 is 0. The van der Waals surface area contributed by atoms with Crippen molar-refractivity contribution in [2.45, 2.75) is 26.8 Å². The summed E-state index contributed by atoms with van der Waals surface area (Å²) in [4.78, 5) is 22.3. The summed E-state index contributed by atoms with van der Waals surface area (Å²) < 4.78 is 1.89. The van der Waals surface area contributed by atoms with Gasteiger partial charge in [0, 0.05) is 44.6 Å². The Kier molecular flexibility index (Phi) is 5.53. The number of nitrogens with zero attached hydrogens (tertiary/aromatic N) is 4. The number of imidazole rings is 1. The number of amides is 1. The van der Waals surface area contributed by atoms with Crippen molar-refractivity contribution in [3.63, 3.8) is 0 Å². The van der Waals surface area contributed by atoms with Gasteiger partial charge in [-0.1, -0.05) is 19.1 Å². The average Bonchev–Trinajstić information content (AvgIpc) is 3.10. The van der Waals surface area contributed by atoms with Crippen LogP contribution in [0, 0.1) is 6.92 Å². The molecule has 1 amide bonds. The number of likely N-dealkylation sites (N-methyl/N-ethyl adjacent to an activating group) is 1.